The summed E-state index contributed by atoms with van der Waals surface area (Å²) in [5, 5.41) is 8.69. The highest BCUT2D eigenvalue weighted by molar-refractivity contribution is 7.12. The van der Waals surface area contributed by atoms with Gasteiger partial charge in [0.25, 0.3) is 0 Å². The molecule has 0 spiro atoms. The van der Waals surface area contributed by atoms with Crippen LogP contribution in [-0.2, 0) is 0 Å². The molecule has 1 rings (SSSR count). The quantitative estimate of drug-likeness (QED) is 0.717. The van der Waals surface area contributed by atoms with Crippen LogP contribution in [0.3, 0.4) is 0 Å². The predicted molar refractivity (Wildman–Crippen MR) is 56.9 cm³/mol. The van der Waals surface area contributed by atoms with E-state index in [4.69, 9.17) is 5.26 Å². The molecule has 70 valence electrons. The van der Waals surface area contributed by atoms with Crippen LogP contribution in [0.5, 0.6) is 0 Å². The molecule has 1 aromatic rings. The van der Waals surface area contributed by atoms with Crippen LogP contribution in [0.1, 0.15) is 42.9 Å². The van der Waals surface area contributed by atoms with Crippen LogP contribution >= 0.6 is 11.3 Å². The molecule has 1 heterocycles. The SMILES string of the molecule is CCC(C)C(C)c1ccc(C#N)s1. The third kappa shape index (κ3) is 2.32. The minimum Gasteiger partial charge on any atom is -0.192 e. The van der Waals surface area contributed by atoms with Gasteiger partial charge in [0.2, 0.25) is 0 Å². The molecule has 2 atom stereocenters. The molecule has 0 saturated heterocycles. The summed E-state index contributed by atoms with van der Waals surface area (Å²) in [6.07, 6.45) is 1.20. The molecule has 13 heavy (non-hydrogen) atoms. The molecule has 1 nitrogen and oxygen atoms in total. The van der Waals surface area contributed by atoms with Crippen molar-refractivity contribution < 1.29 is 0 Å². The Bertz CT molecular complexity index is 308. The Labute approximate surface area is 84.0 Å². The Hall–Kier alpha value is -0.810. The smallest absolute Gasteiger partial charge is 0.110 e. The number of thiophene rings is 1. The molecule has 0 N–H and O–H groups in total. The molecule has 2 heteroatoms. The molecule has 0 aromatic carbocycles. The van der Waals surface area contributed by atoms with Crippen molar-refractivity contribution in [1.29, 1.82) is 5.26 Å². The Morgan fingerprint density at radius 2 is 2.15 bits per heavy atom. The number of nitrogens with zero attached hydrogens (tertiary/aromatic N) is 1. The van der Waals surface area contributed by atoms with Gasteiger partial charge in [-0.05, 0) is 24.0 Å². The monoisotopic (exact) mass is 193 g/mol. The van der Waals surface area contributed by atoms with Crippen LogP contribution in [0, 0.1) is 17.2 Å². The van der Waals surface area contributed by atoms with Gasteiger partial charge in [-0.2, -0.15) is 5.26 Å². The highest BCUT2D eigenvalue weighted by Crippen LogP contribution is 2.31. The van der Waals surface area contributed by atoms with E-state index in [0.29, 0.717) is 11.8 Å². The number of hydrogen-bond donors (Lipinski definition) is 0. The van der Waals surface area contributed by atoms with E-state index in [1.807, 2.05) is 6.07 Å². The van der Waals surface area contributed by atoms with Gasteiger partial charge in [-0.25, -0.2) is 0 Å². The first kappa shape index (κ1) is 10.3. The molecule has 0 fully saturated rings. The Kier molecular flexibility index (Phi) is 3.50. The summed E-state index contributed by atoms with van der Waals surface area (Å²) >= 11 is 1.62. The largest absolute Gasteiger partial charge is 0.192 e. The van der Waals surface area contributed by atoms with Gasteiger partial charge < -0.3 is 0 Å². The van der Waals surface area contributed by atoms with E-state index in [1.165, 1.54) is 11.3 Å². The Morgan fingerprint density at radius 1 is 1.46 bits per heavy atom. The van der Waals surface area contributed by atoms with Gasteiger partial charge in [-0.1, -0.05) is 27.2 Å². The van der Waals surface area contributed by atoms with Crippen molar-refractivity contribution in [2.75, 3.05) is 0 Å². The number of nitriles is 1. The van der Waals surface area contributed by atoms with Crippen molar-refractivity contribution >= 4 is 11.3 Å². The predicted octanol–water partition coefficient (Wildman–Crippen LogP) is 3.77. The Balaban J connectivity index is 2.78. The summed E-state index contributed by atoms with van der Waals surface area (Å²) in [5.41, 5.74) is 0. The lowest BCUT2D eigenvalue weighted by atomic mass is 9.92. The van der Waals surface area contributed by atoms with Gasteiger partial charge in [-0.15, -0.1) is 11.3 Å². The van der Waals surface area contributed by atoms with Gasteiger partial charge in [0.1, 0.15) is 10.9 Å². The molecule has 0 aliphatic heterocycles. The summed E-state index contributed by atoms with van der Waals surface area (Å²) in [4.78, 5) is 2.16. The van der Waals surface area contributed by atoms with E-state index in [9.17, 15) is 0 Å². The first-order chi connectivity index (χ1) is 6.19. The molecule has 0 amide bonds. The lowest BCUT2D eigenvalue weighted by Crippen LogP contribution is -2.02. The van der Waals surface area contributed by atoms with Crippen molar-refractivity contribution in [2.45, 2.75) is 33.1 Å². The summed E-state index contributed by atoms with van der Waals surface area (Å²) in [7, 11) is 0. The first-order valence-corrected chi connectivity index (χ1v) is 5.50. The van der Waals surface area contributed by atoms with E-state index >= 15 is 0 Å². The summed E-state index contributed by atoms with van der Waals surface area (Å²) in [6, 6.07) is 6.18. The third-order valence-corrected chi connectivity index (χ3v) is 3.87. The minimum atomic E-state index is 0.581. The van der Waals surface area contributed by atoms with Gasteiger partial charge >= 0.3 is 0 Å². The average molecular weight is 193 g/mol. The van der Waals surface area contributed by atoms with Crippen molar-refractivity contribution in [3.8, 4) is 6.07 Å². The zero-order valence-corrected chi connectivity index (χ0v) is 9.19. The second kappa shape index (κ2) is 4.43. The number of hydrogen-bond acceptors (Lipinski definition) is 2. The molecule has 0 bridgehead atoms. The van der Waals surface area contributed by atoms with E-state index in [1.54, 1.807) is 11.3 Å². The fourth-order valence-electron chi connectivity index (χ4n) is 1.29. The fourth-order valence-corrected chi connectivity index (χ4v) is 2.28. The van der Waals surface area contributed by atoms with Gasteiger partial charge in [-0.3, -0.25) is 0 Å². The van der Waals surface area contributed by atoms with E-state index < -0.39 is 0 Å². The van der Waals surface area contributed by atoms with Crippen molar-refractivity contribution in [2.24, 2.45) is 5.92 Å². The zero-order valence-electron chi connectivity index (χ0n) is 8.37. The van der Waals surface area contributed by atoms with E-state index in [0.717, 1.165) is 4.88 Å². The lowest BCUT2D eigenvalue weighted by molar-refractivity contribution is 0.479. The molecular formula is C11H15NS. The second-order valence-corrected chi connectivity index (χ2v) is 4.60. The van der Waals surface area contributed by atoms with Crippen LogP contribution in [-0.4, -0.2) is 0 Å². The van der Waals surface area contributed by atoms with E-state index in [2.05, 4.69) is 32.9 Å². The molecular weight excluding hydrogens is 178 g/mol. The van der Waals surface area contributed by atoms with Gasteiger partial charge in [0.05, 0.1) is 0 Å². The maximum atomic E-state index is 8.69. The fraction of sp³-hybridized carbons (Fsp3) is 0.545. The van der Waals surface area contributed by atoms with Crippen LogP contribution in [0.4, 0.5) is 0 Å². The van der Waals surface area contributed by atoms with Crippen molar-refractivity contribution in [3.05, 3.63) is 21.9 Å². The molecule has 2 unspecified atom stereocenters. The van der Waals surface area contributed by atoms with Crippen LogP contribution in [0.2, 0.25) is 0 Å². The maximum Gasteiger partial charge on any atom is 0.110 e. The highest BCUT2D eigenvalue weighted by Gasteiger charge is 2.14. The van der Waals surface area contributed by atoms with Crippen molar-refractivity contribution in [1.82, 2.24) is 0 Å². The minimum absolute atomic E-state index is 0.581. The molecule has 0 aliphatic carbocycles. The van der Waals surface area contributed by atoms with Gasteiger partial charge in [0.15, 0.2) is 0 Å². The van der Waals surface area contributed by atoms with Crippen LogP contribution < -0.4 is 0 Å². The van der Waals surface area contributed by atoms with Crippen molar-refractivity contribution in [3.63, 3.8) is 0 Å². The van der Waals surface area contributed by atoms with Crippen LogP contribution in [0.25, 0.3) is 0 Å². The summed E-state index contributed by atoms with van der Waals surface area (Å²) in [6.45, 7) is 6.71. The molecule has 0 aliphatic rings. The lowest BCUT2D eigenvalue weighted by Gasteiger charge is -2.15. The number of rotatable bonds is 3. The molecule has 0 radical (unpaired) electrons. The zero-order chi connectivity index (χ0) is 9.84. The van der Waals surface area contributed by atoms with Crippen LogP contribution in [0.15, 0.2) is 12.1 Å². The second-order valence-electron chi connectivity index (χ2n) is 3.49. The first-order valence-electron chi connectivity index (χ1n) is 4.68. The Morgan fingerprint density at radius 3 is 2.62 bits per heavy atom. The molecule has 0 saturated carbocycles. The van der Waals surface area contributed by atoms with E-state index in [-0.39, 0.29) is 0 Å². The average Bonchev–Trinajstić information content (AvgIpc) is 2.63. The third-order valence-electron chi connectivity index (χ3n) is 2.68. The highest BCUT2D eigenvalue weighted by atomic mass is 32.1. The summed E-state index contributed by atoms with van der Waals surface area (Å²) in [5.74, 6) is 1.28. The maximum absolute atomic E-state index is 8.69. The summed E-state index contributed by atoms with van der Waals surface area (Å²) < 4.78 is 0. The molecule has 1 aromatic heterocycles. The topological polar surface area (TPSA) is 23.8 Å². The van der Waals surface area contributed by atoms with Gasteiger partial charge in [0, 0.05) is 4.88 Å². The normalized spacial score (nSPS) is 14.9. The standard InChI is InChI=1S/C11H15NS/c1-4-8(2)9(3)11-6-5-10(7-12)13-11/h5-6,8-9H,4H2,1-3H3.